The molecule has 0 saturated carbocycles. The Morgan fingerprint density at radius 2 is 2.03 bits per heavy atom. The Balaban J connectivity index is 1.57. The number of nitrogens with zero attached hydrogens (tertiary/aromatic N) is 2. The van der Waals surface area contributed by atoms with Crippen LogP contribution in [0.3, 0.4) is 0 Å². The van der Waals surface area contributed by atoms with Crippen molar-refractivity contribution in [3.05, 3.63) is 45.5 Å². The quantitative estimate of drug-likeness (QED) is 0.339. The minimum atomic E-state index is -3.86. The molecule has 5 N–H and O–H groups in total. The molecule has 2 saturated heterocycles. The van der Waals surface area contributed by atoms with E-state index in [2.05, 4.69) is 22.6 Å². The number of fused-ring (bicyclic) bond motifs is 1. The zero-order chi connectivity index (χ0) is 26.5. The predicted octanol–water partition coefficient (Wildman–Crippen LogP) is 0.926. The minimum absolute atomic E-state index is 0.00610. The maximum atomic E-state index is 12.6. The summed E-state index contributed by atoms with van der Waals surface area (Å²) in [6.07, 6.45) is -0.228. The maximum Gasteiger partial charge on any atom is 0.353 e. The molecule has 0 aliphatic carbocycles. The largest absolute Gasteiger partial charge is 0.477 e. The molecule has 0 spiro atoms. The molecule has 36 heavy (non-hydrogen) atoms. The number of nitrogens with one attached hydrogen (secondary N) is 1. The lowest BCUT2D eigenvalue weighted by Gasteiger charge is -2.46. The fourth-order valence-electron chi connectivity index (χ4n) is 5.70. The van der Waals surface area contributed by atoms with Crippen LogP contribution in [0.15, 0.2) is 28.8 Å². The van der Waals surface area contributed by atoms with E-state index < -0.39 is 28.2 Å². The van der Waals surface area contributed by atoms with Crippen LogP contribution in [0.5, 0.6) is 0 Å². The van der Waals surface area contributed by atoms with Crippen LogP contribution in [0.2, 0.25) is 0 Å². The number of aliphatic hydroxyl groups is 1. The number of carbonyl (C=O) groups excluding carboxylic acids is 1. The highest BCUT2D eigenvalue weighted by molar-refractivity contribution is 8.03. The Hall–Kier alpha value is -1.96. The number of β-lactam (4-membered cyclic amide) rings is 1. The molecule has 198 valence electrons. The van der Waals surface area contributed by atoms with Crippen molar-refractivity contribution in [3.63, 3.8) is 0 Å². The van der Waals surface area contributed by atoms with Crippen LogP contribution >= 0.6 is 11.8 Å². The molecular weight excluding hydrogens is 504 g/mol. The van der Waals surface area contributed by atoms with Crippen LogP contribution in [-0.4, -0.2) is 76.8 Å². The van der Waals surface area contributed by atoms with E-state index in [0.29, 0.717) is 24.4 Å². The van der Waals surface area contributed by atoms with Gasteiger partial charge in [0, 0.05) is 41.7 Å². The van der Waals surface area contributed by atoms with E-state index in [9.17, 15) is 28.2 Å². The highest BCUT2D eigenvalue weighted by Gasteiger charge is 2.60. The monoisotopic (exact) mass is 538 g/mol. The fourth-order valence-corrected chi connectivity index (χ4v) is 7.72. The van der Waals surface area contributed by atoms with Gasteiger partial charge in [-0.25, -0.2) is 14.7 Å². The third-order valence-corrected chi connectivity index (χ3v) is 9.77. The summed E-state index contributed by atoms with van der Waals surface area (Å²) in [5.41, 5.74) is 3.51. The second-order valence-electron chi connectivity index (χ2n) is 10.1. The summed E-state index contributed by atoms with van der Waals surface area (Å²) in [4.78, 5) is 29.0. The first-order valence-electron chi connectivity index (χ1n) is 12.0. The van der Waals surface area contributed by atoms with Gasteiger partial charge in [0.15, 0.2) is 0 Å². The Morgan fingerprint density at radius 1 is 1.33 bits per heavy atom. The van der Waals surface area contributed by atoms with Gasteiger partial charge in [0.2, 0.25) is 5.91 Å². The van der Waals surface area contributed by atoms with Crippen molar-refractivity contribution < 1.29 is 28.2 Å². The molecule has 3 heterocycles. The standard InChI is InChI=1S/C24H34N4O6S2/c1-12-6-5-7-16(13(12)2)10-27-11-18(8-17(27)9-26-36(25,33)34)35-22-14(3)20-19(15(4)29)23(30)28(20)21(22)24(31)32/h5-7,14-15,17-20,26,29H,8-11H2,1-4H3,(H,31,32)(H2,25,33,34)/t14-,15-,17+,18+,19-,20-/m1/s1. The van der Waals surface area contributed by atoms with Crippen molar-refractivity contribution in [1.82, 2.24) is 14.5 Å². The van der Waals surface area contributed by atoms with Crippen molar-refractivity contribution in [1.29, 1.82) is 0 Å². The molecular formula is C24H34N4O6S2. The molecule has 3 aliphatic rings. The first-order valence-corrected chi connectivity index (χ1v) is 14.4. The highest BCUT2D eigenvalue weighted by Crippen LogP contribution is 2.52. The molecule has 1 amide bonds. The summed E-state index contributed by atoms with van der Waals surface area (Å²) in [6, 6.07) is 5.62. The number of likely N-dealkylation sites (tertiary alicyclic amines) is 1. The van der Waals surface area contributed by atoms with Crippen LogP contribution in [0, 0.1) is 25.7 Å². The molecule has 1 aromatic carbocycles. The number of hydrogen-bond acceptors (Lipinski definition) is 7. The number of carboxylic acid groups (broad SMARTS) is 1. The first-order chi connectivity index (χ1) is 16.8. The van der Waals surface area contributed by atoms with E-state index in [1.807, 2.05) is 26.0 Å². The molecule has 0 bridgehead atoms. The van der Waals surface area contributed by atoms with E-state index in [1.54, 1.807) is 6.92 Å². The van der Waals surface area contributed by atoms with Gasteiger partial charge in [-0.1, -0.05) is 25.1 Å². The molecule has 2 fully saturated rings. The number of thioether (sulfide) groups is 1. The number of rotatable bonds is 9. The SMILES string of the molecule is Cc1cccc(CN2C[C@@H](SC3=C(C(=O)O)N4C(=O)[C@H]([C@@H](C)O)[C@H]4[C@H]3C)C[C@H]2CNS(N)(=O)=O)c1C. The number of amides is 1. The van der Waals surface area contributed by atoms with Gasteiger partial charge < -0.3 is 15.1 Å². The number of benzene rings is 1. The average Bonchev–Trinajstić information content (AvgIpc) is 3.26. The third kappa shape index (κ3) is 5.07. The second kappa shape index (κ2) is 10.1. The fraction of sp³-hybridized carbons (Fsp3) is 0.583. The van der Waals surface area contributed by atoms with Crippen molar-refractivity contribution in [2.75, 3.05) is 13.1 Å². The second-order valence-corrected chi connectivity index (χ2v) is 12.8. The van der Waals surface area contributed by atoms with Gasteiger partial charge in [0.1, 0.15) is 5.70 Å². The van der Waals surface area contributed by atoms with Crippen molar-refractivity contribution in [2.45, 2.75) is 64.1 Å². The Bertz CT molecular complexity index is 1200. The first kappa shape index (κ1) is 27.1. The van der Waals surface area contributed by atoms with Crippen LogP contribution in [0.1, 0.15) is 37.0 Å². The predicted molar refractivity (Wildman–Crippen MR) is 137 cm³/mol. The van der Waals surface area contributed by atoms with E-state index in [1.165, 1.54) is 27.8 Å². The highest BCUT2D eigenvalue weighted by atomic mass is 32.2. The van der Waals surface area contributed by atoms with Crippen molar-refractivity contribution >= 4 is 33.8 Å². The van der Waals surface area contributed by atoms with Gasteiger partial charge in [-0.05, 0) is 43.9 Å². The van der Waals surface area contributed by atoms with Crippen molar-refractivity contribution in [3.8, 4) is 0 Å². The van der Waals surface area contributed by atoms with Crippen LogP contribution < -0.4 is 9.86 Å². The molecule has 0 radical (unpaired) electrons. The number of aryl methyl sites for hydroxylation is 1. The van der Waals surface area contributed by atoms with E-state index in [4.69, 9.17) is 5.14 Å². The summed E-state index contributed by atoms with van der Waals surface area (Å²) < 4.78 is 25.6. The normalized spacial score (nSPS) is 29.4. The van der Waals surface area contributed by atoms with Gasteiger partial charge in [0.05, 0.1) is 18.1 Å². The molecule has 0 aromatic heterocycles. The Morgan fingerprint density at radius 3 is 2.64 bits per heavy atom. The lowest BCUT2D eigenvalue weighted by Crippen LogP contribution is -2.63. The molecule has 3 aliphatic heterocycles. The molecule has 6 atom stereocenters. The Kier molecular flexibility index (Phi) is 7.58. The van der Waals surface area contributed by atoms with Gasteiger partial charge in [0.25, 0.3) is 10.2 Å². The Labute approximate surface area is 216 Å². The molecule has 10 nitrogen and oxygen atoms in total. The number of aliphatic carboxylic acids is 1. The summed E-state index contributed by atoms with van der Waals surface area (Å²) in [5, 5.41) is 25.2. The number of nitrogens with two attached hydrogens (primary N) is 1. The summed E-state index contributed by atoms with van der Waals surface area (Å²) in [7, 11) is -3.86. The number of carbonyl (C=O) groups is 2. The number of carboxylic acids is 1. The van der Waals surface area contributed by atoms with E-state index in [-0.39, 0.29) is 41.4 Å². The summed E-state index contributed by atoms with van der Waals surface area (Å²) in [6.45, 7) is 8.97. The van der Waals surface area contributed by atoms with Crippen LogP contribution in [-0.2, 0) is 26.3 Å². The maximum absolute atomic E-state index is 12.6. The summed E-state index contributed by atoms with van der Waals surface area (Å²) in [5.74, 6) is -2.33. The lowest BCUT2D eigenvalue weighted by atomic mass is 9.79. The minimum Gasteiger partial charge on any atom is -0.477 e. The van der Waals surface area contributed by atoms with Gasteiger partial charge in [-0.15, -0.1) is 11.8 Å². The van der Waals surface area contributed by atoms with E-state index in [0.717, 1.165) is 5.56 Å². The zero-order valence-corrected chi connectivity index (χ0v) is 22.5. The van der Waals surface area contributed by atoms with Crippen LogP contribution in [0.25, 0.3) is 0 Å². The molecule has 4 rings (SSSR count). The van der Waals surface area contributed by atoms with Gasteiger partial charge >= 0.3 is 5.97 Å². The molecule has 0 unspecified atom stereocenters. The van der Waals surface area contributed by atoms with Crippen molar-refractivity contribution in [2.24, 2.45) is 17.0 Å². The zero-order valence-electron chi connectivity index (χ0n) is 20.8. The molecule has 12 heteroatoms. The molecule has 1 aromatic rings. The van der Waals surface area contributed by atoms with E-state index >= 15 is 0 Å². The smallest absolute Gasteiger partial charge is 0.353 e. The topological polar surface area (TPSA) is 153 Å². The lowest BCUT2D eigenvalue weighted by molar-refractivity contribution is -0.163. The van der Waals surface area contributed by atoms with Crippen LogP contribution in [0.4, 0.5) is 0 Å². The van der Waals surface area contributed by atoms with Gasteiger partial charge in [-0.3, -0.25) is 9.69 Å². The average molecular weight is 539 g/mol. The number of hydrogen-bond donors (Lipinski definition) is 4. The third-order valence-electron chi connectivity index (χ3n) is 7.70. The number of aliphatic hydroxyl groups excluding tert-OH is 1. The summed E-state index contributed by atoms with van der Waals surface area (Å²) >= 11 is 1.45. The van der Waals surface area contributed by atoms with Gasteiger partial charge in [-0.2, -0.15) is 8.42 Å².